The molecule has 0 aromatic carbocycles. The Hall–Kier alpha value is -3.10. The standard InChI is InChI=1S/C29H38O13/c1-15(23(35)40-25-22(34)21(33)20(32)18(14-30)39-25)6-5-10-27(3)19-9-12-28(26(37)42-27)11-7-17(24(36)38-4)8-13-29(19,28)41-16(2)31/h5-7,10,18-22,25,30,32-34H,8-9,11-14H2,1-4H3/b10-5?,15-6+/t18-,19+,20-,21+,22-,25+,27-,28-,29+/m1/s1. The first-order chi connectivity index (χ1) is 19.7. The summed E-state index contributed by atoms with van der Waals surface area (Å²) in [5, 5.41) is 39.3. The summed E-state index contributed by atoms with van der Waals surface area (Å²) in [5.41, 5.74) is -3.17. The lowest BCUT2D eigenvalue weighted by Crippen LogP contribution is -2.65. The van der Waals surface area contributed by atoms with E-state index in [-0.39, 0.29) is 24.8 Å². The fraction of sp³-hybridized carbons (Fsp3) is 0.655. The van der Waals surface area contributed by atoms with Gasteiger partial charge in [0.1, 0.15) is 41.0 Å². The van der Waals surface area contributed by atoms with E-state index in [4.69, 9.17) is 23.7 Å². The molecule has 0 spiro atoms. The molecule has 0 aromatic heterocycles. The number of carbonyl (C=O) groups excluding carboxylic acids is 4. The normalized spacial score (nSPS) is 40.0. The Morgan fingerprint density at radius 2 is 1.83 bits per heavy atom. The minimum atomic E-state index is -1.75. The Bertz CT molecular complexity index is 1200. The van der Waals surface area contributed by atoms with Gasteiger partial charge in [-0.3, -0.25) is 9.59 Å². The van der Waals surface area contributed by atoms with Crippen LogP contribution in [-0.4, -0.2) is 99.9 Å². The van der Waals surface area contributed by atoms with Crippen LogP contribution in [0, 0.1) is 11.3 Å². The van der Waals surface area contributed by atoms with E-state index in [1.807, 2.05) is 0 Å². The molecule has 2 heterocycles. The molecule has 4 rings (SSSR count). The summed E-state index contributed by atoms with van der Waals surface area (Å²) in [7, 11) is 1.28. The number of aliphatic hydroxyl groups is 4. The number of cyclic esters (lactones) is 1. The van der Waals surface area contributed by atoms with E-state index in [9.17, 15) is 39.6 Å². The van der Waals surface area contributed by atoms with E-state index in [2.05, 4.69) is 0 Å². The predicted octanol–water partition coefficient (Wildman–Crippen LogP) is 0.129. The molecule has 4 aliphatic rings. The lowest BCUT2D eigenvalue weighted by atomic mass is 9.62. The summed E-state index contributed by atoms with van der Waals surface area (Å²) in [5.74, 6) is -2.97. The second-order valence-electron chi connectivity index (χ2n) is 11.5. The number of ether oxygens (including phenoxy) is 5. The number of aliphatic hydroxyl groups excluding tert-OH is 4. The second kappa shape index (κ2) is 11.9. The molecule has 2 bridgehead atoms. The van der Waals surface area contributed by atoms with Gasteiger partial charge in [-0.1, -0.05) is 18.2 Å². The van der Waals surface area contributed by atoms with Crippen LogP contribution >= 0.6 is 0 Å². The number of allylic oxidation sites excluding steroid dienone is 3. The largest absolute Gasteiger partial charge is 0.466 e. The van der Waals surface area contributed by atoms with Crippen molar-refractivity contribution < 1.29 is 63.3 Å². The SMILES string of the molecule is COC(=O)C1=CC[C@@]23CC[C@@H]([C@@](C)(C=C/C=C(\C)C(=O)O[C@@H]4O[C@H](CO)[C@@H](O)[C@H](O)[C@H]4O)OC2=O)[C@@]3(OC(C)=O)CC1. The molecule has 9 atom stereocenters. The first-order valence-electron chi connectivity index (χ1n) is 13.8. The number of hydrogen-bond acceptors (Lipinski definition) is 13. The van der Waals surface area contributed by atoms with E-state index >= 15 is 0 Å². The average molecular weight is 595 g/mol. The Morgan fingerprint density at radius 1 is 1.12 bits per heavy atom. The Morgan fingerprint density at radius 3 is 2.48 bits per heavy atom. The third-order valence-electron chi connectivity index (χ3n) is 9.03. The minimum Gasteiger partial charge on any atom is -0.466 e. The van der Waals surface area contributed by atoms with Gasteiger partial charge in [0.15, 0.2) is 0 Å². The highest BCUT2D eigenvalue weighted by molar-refractivity contribution is 5.90. The van der Waals surface area contributed by atoms with Crippen molar-refractivity contribution in [2.24, 2.45) is 11.3 Å². The maximum atomic E-state index is 13.7. The maximum Gasteiger partial charge on any atom is 0.336 e. The Labute approximate surface area is 242 Å². The van der Waals surface area contributed by atoms with Gasteiger partial charge in [0.25, 0.3) is 0 Å². The third-order valence-corrected chi connectivity index (χ3v) is 9.03. The van der Waals surface area contributed by atoms with Crippen molar-refractivity contribution in [2.45, 2.75) is 94.8 Å². The summed E-state index contributed by atoms with van der Waals surface area (Å²) >= 11 is 0. The Kier molecular flexibility index (Phi) is 9.00. The molecule has 232 valence electrons. The molecule has 13 nitrogen and oxygen atoms in total. The van der Waals surface area contributed by atoms with E-state index < -0.39 is 83.7 Å². The molecule has 2 aliphatic heterocycles. The fourth-order valence-corrected chi connectivity index (χ4v) is 6.81. The van der Waals surface area contributed by atoms with Gasteiger partial charge in [-0.05, 0) is 52.0 Å². The molecule has 4 N–H and O–H groups in total. The molecule has 0 amide bonds. The molecule has 2 aliphatic carbocycles. The Balaban J connectivity index is 1.56. The molecule has 0 aromatic rings. The predicted molar refractivity (Wildman–Crippen MR) is 141 cm³/mol. The summed E-state index contributed by atoms with van der Waals surface area (Å²) < 4.78 is 27.3. The lowest BCUT2D eigenvalue weighted by Gasteiger charge is -2.54. The smallest absolute Gasteiger partial charge is 0.336 e. The van der Waals surface area contributed by atoms with Crippen LogP contribution < -0.4 is 0 Å². The second-order valence-corrected chi connectivity index (χ2v) is 11.5. The molecule has 3 fully saturated rings. The summed E-state index contributed by atoms with van der Waals surface area (Å²) in [6.07, 6.45) is -0.247. The third kappa shape index (κ3) is 5.28. The first kappa shape index (κ1) is 31.8. The number of hydrogen-bond donors (Lipinski definition) is 4. The van der Waals surface area contributed by atoms with Gasteiger partial charge in [0.05, 0.1) is 13.7 Å². The number of esters is 4. The highest BCUT2D eigenvalue weighted by Gasteiger charge is 2.74. The van der Waals surface area contributed by atoms with Crippen LogP contribution in [0.4, 0.5) is 0 Å². The zero-order valence-electron chi connectivity index (χ0n) is 24.0. The van der Waals surface area contributed by atoms with Crippen LogP contribution in [0.1, 0.15) is 52.9 Å². The molecule has 1 saturated carbocycles. The highest BCUT2D eigenvalue weighted by Crippen LogP contribution is 2.65. The van der Waals surface area contributed by atoms with Crippen LogP contribution in [0.5, 0.6) is 0 Å². The summed E-state index contributed by atoms with van der Waals surface area (Å²) in [6, 6.07) is 0. The van der Waals surface area contributed by atoms with Gasteiger partial charge in [0.2, 0.25) is 6.29 Å². The minimum absolute atomic E-state index is 0.0609. The van der Waals surface area contributed by atoms with Crippen molar-refractivity contribution in [1.29, 1.82) is 0 Å². The van der Waals surface area contributed by atoms with Crippen molar-refractivity contribution in [3.63, 3.8) is 0 Å². The molecule has 2 saturated heterocycles. The van der Waals surface area contributed by atoms with Crippen LogP contribution in [0.2, 0.25) is 0 Å². The van der Waals surface area contributed by atoms with Crippen molar-refractivity contribution in [2.75, 3.05) is 13.7 Å². The number of carbonyl (C=O) groups is 4. The molecule has 0 unspecified atom stereocenters. The van der Waals surface area contributed by atoms with Crippen LogP contribution in [0.15, 0.2) is 35.5 Å². The lowest BCUT2D eigenvalue weighted by molar-refractivity contribution is -0.291. The van der Waals surface area contributed by atoms with Crippen molar-refractivity contribution in [1.82, 2.24) is 0 Å². The zero-order chi connectivity index (χ0) is 31.0. The highest BCUT2D eigenvalue weighted by atomic mass is 16.7. The molecular weight excluding hydrogens is 556 g/mol. The van der Waals surface area contributed by atoms with E-state index in [0.29, 0.717) is 18.4 Å². The van der Waals surface area contributed by atoms with Gasteiger partial charge < -0.3 is 44.1 Å². The van der Waals surface area contributed by atoms with Crippen molar-refractivity contribution in [3.05, 3.63) is 35.5 Å². The first-order valence-corrected chi connectivity index (χ1v) is 13.8. The molecule has 13 heteroatoms. The number of methoxy groups -OCH3 is 1. The summed E-state index contributed by atoms with van der Waals surface area (Å²) in [6.45, 7) is 3.73. The molecule has 0 radical (unpaired) electrons. The van der Waals surface area contributed by atoms with Crippen molar-refractivity contribution in [3.8, 4) is 0 Å². The van der Waals surface area contributed by atoms with Gasteiger partial charge >= 0.3 is 23.9 Å². The van der Waals surface area contributed by atoms with E-state index in [1.165, 1.54) is 33.1 Å². The van der Waals surface area contributed by atoms with E-state index in [1.54, 1.807) is 19.1 Å². The topological polar surface area (TPSA) is 195 Å². The van der Waals surface area contributed by atoms with Gasteiger partial charge in [-0.25, -0.2) is 9.59 Å². The number of rotatable bonds is 7. The quantitative estimate of drug-likeness (QED) is 0.135. The van der Waals surface area contributed by atoms with Gasteiger partial charge in [-0.2, -0.15) is 0 Å². The van der Waals surface area contributed by atoms with Crippen LogP contribution in [0.25, 0.3) is 0 Å². The van der Waals surface area contributed by atoms with Crippen LogP contribution in [-0.2, 0) is 42.9 Å². The monoisotopic (exact) mass is 594 g/mol. The van der Waals surface area contributed by atoms with Gasteiger partial charge in [-0.15, -0.1) is 0 Å². The fourth-order valence-electron chi connectivity index (χ4n) is 6.81. The zero-order valence-corrected chi connectivity index (χ0v) is 24.0. The molecule has 42 heavy (non-hydrogen) atoms. The van der Waals surface area contributed by atoms with E-state index in [0.717, 1.165) is 0 Å². The van der Waals surface area contributed by atoms with Gasteiger partial charge in [0, 0.05) is 24.0 Å². The molecular formula is C29H38O13. The van der Waals surface area contributed by atoms with Crippen LogP contribution in [0.3, 0.4) is 0 Å². The average Bonchev–Trinajstić information content (AvgIpc) is 3.09. The maximum absolute atomic E-state index is 13.7. The summed E-state index contributed by atoms with van der Waals surface area (Å²) in [4.78, 5) is 51.1. The van der Waals surface area contributed by atoms with Crippen molar-refractivity contribution >= 4 is 23.9 Å².